The fourth-order valence-electron chi connectivity index (χ4n) is 2.64. The lowest BCUT2D eigenvalue weighted by molar-refractivity contribution is 0.235. The van der Waals surface area contributed by atoms with Crippen LogP contribution in [-0.2, 0) is 12.0 Å². The van der Waals surface area contributed by atoms with E-state index >= 15 is 0 Å². The van der Waals surface area contributed by atoms with Crippen molar-refractivity contribution in [1.82, 2.24) is 20.1 Å². The lowest BCUT2D eigenvalue weighted by atomic mass is 9.74. The van der Waals surface area contributed by atoms with E-state index in [9.17, 15) is 0 Å². The molecule has 0 aromatic carbocycles. The van der Waals surface area contributed by atoms with Crippen molar-refractivity contribution in [2.75, 3.05) is 13.1 Å². The van der Waals surface area contributed by atoms with Gasteiger partial charge < -0.3 is 9.88 Å². The minimum atomic E-state index is 0.111. The second-order valence-corrected chi connectivity index (χ2v) is 5.21. The Labute approximate surface area is 97.5 Å². The van der Waals surface area contributed by atoms with Crippen LogP contribution in [0.25, 0.3) is 0 Å². The van der Waals surface area contributed by atoms with E-state index in [-0.39, 0.29) is 5.41 Å². The van der Waals surface area contributed by atoms with Crippen molar-refractivity contribution >= 4 is 0 Å². The van der Waals surface area contributed by atoms with Crippen molar-refractivity contribution in [2.45, 2.75) is 45.6 Å². The SMILES string of the molecule is CCn1cnnc1C(C)(C)C1CCCNC1. The Morgan fingerprint density at radius 1 is 1.56 bits per heavy atom. The molecule has 4 nitrogen and oxygen atoms in total. The third-order valence-corrected chi connectivity index (χ3v) is 3.85. The Morgan fingerprint density at radius 3 is 3.00 bits per heavy atom. The van der Waals surface area contributed by atoms with Crippen LogP contribution >= 0.6 is 0 Å². The first-order valence-electron chi connectivity index (χ1n) is 6.25. The molecule has 0 radical (unpaired) electrons. The Morgan fingerprint density at radius 2 is 2.38 bits per heavy atom. The van der Waals surface area contributed by atoms with E-state index < -0.39 is 0 Å². The van der Waals surface area contributed by atoms with Crippen molar-refractivity contribution < 1.29 is 0 Å². The maximum absolute atomic E-state index is 4.32. The molecule has 4 heteroatoms. The molecule has 2 rings (SSSR count). The van der Waals surface area contributed by atoms with Crippen molar-refractivity contribution in [2.24, 2.45) is 5.92 Å². The molecular weight excluding hydrogens is 200 g/mol. The zero-order valence-electron chi connectivity index (χ0n) is 10.5. The first-order chi connectivity index (χ1) is 7.66. The van der Waals surface area contributed by atoms with Gasteiger partial charge in [0, 0.05) is 12.0 Å². The average Bonchev–Trinajstić information content (AvgIpc) is 2.79. The highest BCUT2D eigenvalue weighted by molar-refractivity contribution is 5.08. The molecule has 90 valence electrons. The number of aryl methyl sites for hydroxylation is 1. The lowest BCUT2D eigenvalue weighted by Gasteiger charge is -2.36. The Balaban J connectivity index is 2.22. The molecule has 2 heterocycles. The predicted molar refractivity (Wildman–Crippen MR) is 64.3 cm³/mol. The Bertz CT molecular complexity index is 337. The van der Waals surface area contributed by atoms with Gasteiger partial charge in [0.25, 0.3) is 0 Å². The molecule has 1 aliphatic heterocycles. The van der Waals surface area contributed by atoms with Crippen LogP contribution in [0.1, 0.15) is 39.4 Å². The van der Waals surface area contributed by atoms with E-state index in [1.54, 1.807) is 0 Å². The van der Waals surface area contributed by atoms with E-state index in [1.807, 2.05) is 6.33 Å². The number of nitrogens with one attached hydrogen (secondary N) is 1. The molecule has 0 amide bonds. The highest BCUT2D eigenvalue weighted by Gasteiger charge is 2.35. The van der Waals surface area contributed by atoms with Crippen LogP contribution in [0.15, 0.2) is 6.33 Å². The summed E-state index contributed by atoms with van der Waals surface area (Å²) in [6, 6.07) is 0. The molecule has 1 saturated heterocycles. The van der Waals surface area contributed by atoms with E-state index in [4.69, 9.17) is 0 Å². The number of hydrogen-bond acceptors (Lipinski definition) is 3. The summed E-state index contributed by atoms with van der Waals surface area (Å²) in [6.45, 7) is 9.94. The molecule has 0 bridgehead atoms. The van der Waals surface area contributed by atoms with E-state index in [0.29, 0.717) is 5.92 Å². The van der Waals surface area contributed by atoms with Crippen LogP contribution in [0, 0.1) is 5.92 Å². The summed E-state index contributed by atoms with van der Waals surface area (Å²) in [4.78, 5) is 0. The molecule has 16 heavy (non-hydrogen) atoms. The van der Waals surface area contributed by atoms with Gasteiger partial charge >= 0.3 is 0 Å². The first-order valence-corrected chi connectivity index (χ1v) is 6.25. The highest BCUT2D eigenvalue weighted by atomic mass is 15.3. The van der Waals surface area contributed by atoms with Crippen LogP contribution in [0.4, 0.5) is 0 Å². The van der Waals surface area contributed by atoms with Crippen LogP contribution in [0.3, 0.4) is 0 Å². The smallest absolute Gasteiger partial charge is 0.138 e. The minimum absolute atomic E-state index is 0.111. The topological polar surface area (TPSA) is 42.7 Å². The van der Waals surface area contributed by atoms with Crippen LogP contribution in [0.2, 0.25) is 0 Å². The normalized spacial score (nSPS) is 22.3. The number of nitrogens with zero attached hydrogens (tertiary/aromatic N) is 3. The van der Waals surface area contributed by atoms with Gasteiger partial charge in [0.1, 0.15) is 12.2 Å². The fourth-order valence-corrected chi connectivity index (χ4v) is 2.64. The van der Waals surface area contributed by atoms with Crippen molar-refractivity contribution in [3.8, 4) is 0 Å². The second kappa shape index (κ2) is 4.53. The number of piperidine rings is 1. The monoisotopic (exact) mass is 222 g/mol. The Hall–Kier alpha value is -0.900. The van der Waals surface area contributed by atoms with Gasteiger partial charge in [0.2, 0.25) is 0 Å². The molecule has 1 atom stereocenters. The maximum Gasteiger partial charge on any atom is 0.138 e. The standard InChI is InChI=1S/C12H22N4/c1-4-16-9-14-15-11(16)12(2,3)10-6-5-7-13-8-10/h9-10,13H,4-8H2,1-3H3. The average molecular weight is 222 g/mol. The molecule has 0 saturated carbocycles. The summed E-state index contributed by atoms with van der Waals surface area (Å²) in [5, 5.41) is 11.8. The quantitative estimate of drug-likeness (QED) is 0.844. The second-order valence-electron chi connectivity index (χ2n) is 5.21. The number of aromatic nitrogens is 3. The van der Waals surface area contributed by atoms with E-state index in [2.05, 4.69) is 40.9 Å². The van der Waals surface area contributed by atoms with Gasteiger partial charge in [-0.15, -0.1) is 10.2 Å². The summed E-state index contributed by atoms with van der Waals surface area (Å²) < 4.78 is 2.16. The highest BCUT2D eigenvalue weighted by Crippen LogP contribution is 2.34. The summed E-state index contributed by atoms with van der Waals surface area (Å²) in [5.74, 6) is 1.79. The fraction of sp³-hybridized carbons (Fsp3) is 0.833. The van der Waals surface area contributed by atoms with Gasteiger partial charge in [0.05, 0.1) is 0 Å². The molecule has 1 aromatic rings. The maximum atomic E-state index is 4.32. The molecule has 0 aliphatic carbocycles. The van der Waals surface area contributed by atoms with E-state index in [1.165, 1.54) is 12.8 Å². The Kier molecular flexibility index (Phi) is 3.28. The summed E-state index contributed by atoms with van der Waals surface area (Å²) in [5.41, 5.74) is 0.111. The van der Waals surface area contributed by atoms with Crippen molar-refractivity contribution in [1.29, 1.82) is 0 Å². The lowest BCUT2D eigenvalue weighted by Crippen LogP contribution is -2.42. The molecule has 1 aliphatic rings. The van der Waals surface area contributed by atoms with Gasteiger partial charge in [-0.1, -0.05) is 13.8 Å². The van der Waals surface area contributed by atoms with Crippen LogP contribution in [-0.4, -0.2) is 27.9 Å². The predicted octanol–water partition coefficient (Wildman–Crippen LogP) is 1.58. The third-order valence-electron chi connectivity index (χ3n) is 3.85. The third kappa shape index (κ3) is 1.98. The van der Waals surface area contributed by atoms with Gasteiger partial charge in [0.15, 0.2) is 0 Å². The van der Waals surface area contributed by atoms with Gasteiger partial charge in [-0.3, -0.25) is 0 Å². The minimum Gasteiger partial charge on any atom is -0.317 e. The zero-order chi connectivity index (χ0) is 11.6. The molecule has 1 aromatic heterocycles. The van der Waals surface area contributed by atoms with Crippen LogP contribution < -0.4 is 5.32 Å². The largest absolute Gasteiger partial charge is 0.317 e. The zero-order valence-corrected chi connectivity index (χ0v) is 10.5. The van der Waals surface area contributed by atoms with Crippen LogP contribution in [0.5, 0.6) is 0 Å². The molecular formula is C12H22N4. The molecule has 0 spiro atoms. The van der Waals surface area contributed by atoms with Gasteiger partial charge in [-0.25, -0.2) is 0 Å². The van der Waals surface area contributed by atoms with Crippen molar-refractivity contribution in [3.05, 3.63) is 12.2 Å². The number of hydrogen-bond donors (Lipinski definition) is 1. The molecule has 1 unspecified atom stereocenters. The molecule has 1 N–H and O–H groups in total. The van der Waals surface area contributed by atoms with Gasteiger partial charge in [-0.2, -0.15) is 0 Å². The first kappa shape index (κ1) is 11.6. The summed E-state index contributed by atoms with van der Waals surface area (Å²) in [6.07, 6.45) is 4.40. The molecule has 1 fully saturated rings. The summed E-state index contributed by atoms with van der Waals surface area (Å²) >= 11 is 0. The van der Waals surface area contributed by atoms with Gasteiger partial charge in [-0.05, 0) is 38.8 Å². The van der Waals surface area contributed by atoms with E-state index in [0.717, 1.165) is 25.5 Å². The summed E-state index contributed by atoms with van der Waals surface area (Å²) in [7, 11) is 0. The number of rotatable bonds is 3. The van der Waals surface area contributed by atoms with Crippen molar-refractivity contribution in [3.63, 3.8) is 0 Å².